The number of amides is 12. The van der Waals surface area contributed by atoms with Crippen molar-refractivity contribution in [1.29, 1.82) is 0 Å². The molecule has 32 heteroatoms. The van der Waals surface area contributed by atoms with Crippen molar-refractivity contribution in [3.63, 3.8) is 0 Å². The van der Waals surface area contributed by atoms with Gasteiger partial charge < -0.3 is 88.6 Å². The van der Waals surface area contributed by atoms with Gasteiger partial charge in [-0.25, -0.2) is 14.4 Å². The lowest BCUT2D eigenvalue weighted by Crippen LogP contribution is -2.61. The third-order valence-corrected chi connectivity index (χ3v) is 20.9. The average molecular weight is 1670 g/mol. The van der Waals surface area contributed by atoms with Gasteiger partial charge in [-0.2, -0.15) is 11.8 Å². The summed E-state index contributed by atoms with van der Waals surface area (Å²) in [6.07, 6.45) is 2.27. The third kappa shape index (κ3) is 31.5. The Hall–Kier alpha value is -12.4. The second-order valence-corrected chi connectivity index (χ2v) is 31.0. The van der Waals surface area contributed by atoms with Crippen LogP contribution in [-0.4, -0.2) is 205 Å². The minimum absolute atomic E-state index is 0.00559. The fourth-order valence-corrected chi connectivity index (χ4v) is 14.6. The SMILES string of the molecule is COC(=O)[C@@H](CCSC)NC(=O)[C@H](CC(C)C)NC(=O)CNC(=O)[C@H](Cc1ccccc1)NC(=O)[C@H](Cc1ccccc1)NC(=O)[C@H](Cc1ccccc1)NC(=O)[C@@H](Cc1ccccc1)NC(=O)[C@@H]1CCCN1C(=O)[C@H](CCCCNC(=O)OCc1ccccc1)NC(=O)[C@@H]1CCCN1C(=O)[C@H](CCCN=C(N)N)NC(=O)OCc1ccccc1. The van der Waals surface area contributed by atoms with Gasteiger partial charge in [0.1, 0.15) is 73.6 Å². The van der Waals surface area contributed by atoms with Gasteiger partial charge in [0.05, 0.1) is 13.7 Å². The summed E-state index contributed by atoms with van der Waals surface area (Å²) in [4.78, 5) is 194. The first-order valence-electron chi connectivity index (χ1n) is 40.6. The number of nitrogens with zero attached hydrogens (tertiary/aromatic N) is 3. The minimum Gasteiger partial charge on any atom is -0.467 e. The third-order valence-electron chi connectivity index (χ3n) is 20.3. The van der Waals surface area contributed by atoms with Crippen LogP contribution in [0, 0.1) is 5.92 Å². The summed E-state index contributed by atoms with van der Waals surface area (Å²) in [5.74, 6) is -7.57. The number of unbranched alkanes of at least 4 members (excludes halogenated alkanes) is 1. The van der Waals surface area contributed by atoms with Gasteiger partial charge in [0, 0.05) is 51.9 Å². The number of alkyl carbamates (subject to hydrolysis) is 2. The molecule has 6 aromatic rings. The number of likely N-dealkylation sites (tertiary alicyclic amines) is 2. The maximum absolute atomic E-state index is 15.4. The fraction of sp³-hybridized carbons (Fsp3) is 0.432. The average Bonchev–Trinajstić information content (AvgIpc) is 1.64. The molecule has 0 unspecified atom stereocenters. The first-order chi connectivity index (χ1) is 57.9. The van der Waals surface area contributed by atoms with E-state index >= 15 is 24.0 Å². The van der Waals surface area contributed by atoms with E-state index in [1.165, 1.54) is 28.7 Å². The highest BCUT2D eigenvalue weighted by atomic mass is 32.2. The molecule has 12 amide bonds. The van der Waals surface area contributed by atoms with Crippen molar-refractivity contribution in [1.82, 2.24) is 63.0 Å². The number of nitrogens with one attached hydrogen (secondary N) is 10. The van der Waals surface area contributed by atoms with Gasteiger partial charge in [-0.15, -0.1) is 0 Å². The quantitative estimate of drug-likeness (QED) is 0.00797. The van der Waals surface area contributed by atoms with Gasteiger partial charge >= 0.3 is 18.2 Å². The topological polar surface area (TPSA) is 441 Å². The maximum atomic E-state index is 15.4. The van der Waals surface area contributed by atoms with Crippen molar-refractivity contribution >= 4 is 94.9 Å². The number of nitrogens with two attached hydrogens (primary N) is 2. The second kappa shape index (κ2) is 49.8. The molecule has 2 aliphatic heterocycles. The van der Waals surface area contributed by atoms with E-state index in [0.717, 1.165) is 5.56 Å². The summed E-state index contributed by atoms with van der Waals surface area (Å²) in [7, 11) is 1.21. The molecule has 14 N–H and O–H groups in total. The van der Waals surface area contributed by atoms with Gasteiger partial charge in [0.2, 0.25) is 59.1 Å². The summed E-state index contributed by atoms with van der Waals surface area (Å²) in [6.45, 7) is 3.46. The zero-order valence-electron chi connectivity index (χ0n) is 68.4. The molecule has 31 nitrogen and oxygen atoms in total. The first-order valence-corrected chi connectivity index (χ1v) is 42.0. The summed E-state index contributed by atoms with van der Waals surface area (Å²) in [5, 5.41) is 27.9. The molecule has 2 fully saturated rings. The molecule has 120 heavy (non-hydrogen) atoms. The van der Waals surface area contributed by atoms with Crippen LogP contribution in [0.3, 0.4) is 0 Å². The number of hydrogen-bond acceptors (Lipinski definition) is 18. The van der Waals surface area contributed by atoms with Crippen molar-refractivity contribution in [2.75, 3.05) is 51.8 Å². The fourth-order valence-electron chi connectivity index (χ4n) is 14.1. The number of hydrogen-bond donors (Lipinski definition) is 12. The second-order valence-electron chi connectivity index (χ2n) is 30.0. The van der Waals surface area contributed by atoms with Crippen LogP contribution < -0.4 is 64.6 Å². The first kappa shape index (κ1) is 93.2. The number of carbonyl (C=O) groups excluding carboxylic acids is 13. The van der Waals surface area contributed by atoms with E-state index in [0.29, 0.717) is 52.8 Å². The van der Waals surface area contributed by atoms with Crippen molar-refractivity contribution in [2.24, 2.45) is 22.4 Å². The lowest BCUT2D eigenvalue weighted by Gasteiger charge is -2.32. The Bertz CT molecular complexity index is 4350. The van der Waals surface area contributed by atoms with Crippen LogP contribution in [0.4, 0.5) is 9.59 Å². The number of thioether (sulfide) groups is 1. The Morgan fingerprint density at radius 1 is 0.433 bits per heavy atom. The van der Waals surface area contributed by atoms with E-state index in [1.807, 2.05) is 56.5 Å². The van der Waals surface area contributed by atoms with Crippen LogP contribution in [0.5, 0.6) is 0 Å². The highest BCUT2D eigenvalue weighted by Crippen LogP contribution is 2.25. The van der Waals surface area contributed by atoms with Gasteiger partial charge in [0.25, 0.3) is 0 Å². The normalized spacial score (nSPS) is 15.5. The summed E-state index contributed by atoms with van der Waals surface area (Å²) < 4.78 is 15.8. The van der Waals surface area contributed by atoms with Crippen molar-refractivity contribution in [3.05, 3.63) is 215 Å². The van der Waals surface area contributed by atoms with Crippen molar-refractivity contribution in [3.8, 4) is 0 Å². The number of rotatable bonds is 46. The molecule has 2 heterocycles. The van der Waals surface area contributed by atoms with Crippen LogP contribution in [0.1, 0.15) is 118 Å². The number of aliphatic imine (C=N–C) groups is 1. The van der Waals surface area contributed by atoms with Crippen LogP contribution >= 0.6 is 11.8 Å². The summed E-state index contributed by atoms with van der Waals surface area (Å²) in [5.41, 5.74) is 15.1. The molecule has 642 valence electrons. The number of guanidine groups is 1. The molecular weight excluding hydrogens is 1560 g/mol. The lowest BCUT2D eigenvalue weighted by atomic mass is 10.00. The molecule has 0 aromatic heterocycles. The Kier molecular flexibility index (Phi) is 38.6. The monoisotopic (exact) mass is 1670 g/mol. The van der Waals surface area contributed by atoms with Gasteiger partial charge in [-0.3, -0.25) is 52.9 Å². The van der Waals surface area contributed by atoms with Crippen LogP contribution in [0.15, 0.2) is 187 Å². The Morgan fingerprint density at radius 2 is 0.817 bits per heavy atom. The van der Waals surface area contributed by atoms with E-state index < -0.39 is 144 Å². The summed E-state index contributed by atoms with van der Waals surface area (Å²) >= 11 is 1.48. The lowest BCUT2D eigenvalue weighted by molar-refractivity contribution is -0.145. The van der Waals surface area contributed by atoms with E-state index in [-0.39, 0.29) is 128 Å². The van der Waals surface area contributed by atoms with E-state index in [1.54, 1.807) is 146 Å². The van der Waals surface area contributed by atoms with Crippen LogP contribution in [0.2, 0.25) is 0 Å². The highest BCUT2D eigenvalue weighted by Gasteiger charge is 2.43. The number of benzene rings is 6. The molecule has 0 spiro atoms. The van der Waals surface area contributed by atoms with Gasteiger partial charge in [-0.05, 0) is 122 Å². The Balaban J connectivity index is 1.01. The molecule has 0 saturated carbocycles. The molecule has 2 saturated heterocycles. The van der Waals surface area contributed by atoms with E-state index in [4.69, 9.17) is 25.7 Å². The number of methoxy groups -OCH3 is 1. The molecule has 0 bridgehead atoms. The van der Waals surface area contributed by atoms with Crippen molar-refractivity contribution < 1.29 is 76.5 Å². The molecule has 6 aromatic carbocycles. The molecule has 0 radical (unpaired) electrons. The highest BCUT2D eigenvalue weighted by molar-refractivity contribution is 7.98. The molecule has 0 aliphatic carbocycles. The molecule has 10 atom stereocenters. The largest absolute Gasteiger partial charge is 0.467 e. The van der Waals surface area contributed by atoms with Gasteiger partial charge in [0.15, 0.2) is 5.96 Å². The summed E-state index contributed by atoms with van der Waals surface area (Å²) in [6, 6.07) is 40.6. The van der Waals surface area contributed by atoms with Crippen LogP contribution in [-0.2, 0) is 106 Å². The predicted octanol–water partition coefficient (Wildman–Crippen LogP) is 4.87. The molecular formula is C88H113N15O16S. The van der Waals surface area contributed by atoms with E-state index in [9.17, 15) is 38.4 Å². The maximum Gasteiger partial charge on any atom is 0.408 e. The molecule has 2 aliphatic rings. The number of ether oxygens (including phenoxy) is 3. The van der Waals surface area contributed by atoms with Gasteiger partial charge in [-0.1, -0.05) is 196 Å². The Labute approximate surface area is 704 Å². The molecule has 8 rings (SSSR count). The van der Waals surface area contributed by atoms with Crippen molar-refractivity contribution in [2.45, 2.75) is 184 Å². The zero-order chi connectivity index (χ0) is 86.1. The minimum atomic E-state index is -1.44. The van der Waals surface area contributed by atoms with E-state index in [2.05, 4.69) is 58.2 Å². The smallest absolute Gasteiger partial charge is 0.408 e. The number of carbonyl (C=O) groups is 13. The number of esters is 1. The zero-order valence-corrected chi connectivity index (χ0v) is 69.2. The van der Waals surface area contributed by atoms with Crippen LogP contribution in [0.25, 0.3) is 0 Å². The Morgan fingerprint density at radius 3 is 1.24 bits per heavy atom. The predicted molar refractivity (Wildman–Crippen MR) is 453 cm³/mol. The standard InChI is InChI=1S/C88H113N15O16S/c1-58(2)50-68(77(106)96-67(44-49-120-4)85(114)117-3)94-75(104)55-93-76(105)69(51-59-28-11-5-12-29-59)97-78(107)70(52-60-30-13-6-14-31-60)98-79(108)71(53-61-32-15-7-16-33-61)99-80(109)72(54-62-34-17-8-18-35-62)100-82(111)74-43-27-47-102(74)83(112)65(40-23-24-45-92-87(115)118-56-63-36-19-9-20-37-63)95-81(110)73-42-26-48-103(73)84(113)66(41-25-46-91-86(89)90)101-88(116)119-57-64-38-21-10-22-39-64/h5-22,28-39,58,65-74H,23-27,40-57H2,1-4H3,(H,92,115)(H,93,105)(H,94,104)(H,95,110)(H,96,106)(H,97,107)(H,98,108)(H,99,109)(H,100,111)(H,101,116)(H4,89,90,91)/t65-,66-,67+,68-,69-,70-,71-,72+,73-,74-/m0/s1.